The predicted octanol–water partition coefficient (Wildman–Crippen LogP) is 4.15. The van der Waals surface area contributed by atoms with Gasteiger partial charge in [0.2, 0.25) is 0 Å². The molecule has 0 atom stereocenters. The molecule has 0 aliphatic heterocycles. The first-order valence-electron chi connectivity index (χ1n) is 6.70. The summed E-state index contributed by atoms with van der Waals surface area (Å²) in [4.78, 5) is 4.47. The maximum absolute atomic E-state index is 6.11. The first kappa shape index (κ1) is 14.5. The van der Waals surface area contributed by atoms with Gasteiger partial charge in [-0.3, -0.25) is 4.98 Å². The van der Waals surface area contributed by atoms with E-state index in [1.807, 2.05) is 18.2 Å². The molecule has 0 spiro atoms. The Labute approximate surface area is 133 Å². The Morgan fingerprint density at radius 3 is 2.36 bits per heavy atom. The van der Waals surface area contributed by atoms with E-state index in [2.05, 4.69) is 4.98 Å². The molecule has 0 aliphatic carbocycles. The summed E-state index contributed by atoms with van der Waals surface area (Å²) in [5, 5.41) is 1.43. The van der Waals surface area contributed by atoms with Gasteiger partial charge in [-0.2, -0.15) is 0 Å². The van der Waals surface area contributed by atoms with Crippen LogP contribution < -0.4 is 15.2 Å². The molecule has 0 amide bonds. The topological polar surface area (TPSA) is 57.4 Å². The van der Waals surface area contributed by atoms with E-state index in [0.29, 0.717) is 22.2 Å². The number of nitrogen functional groups attached to an aromatic ring is 1. The van der Waals surface area contributed by atoms with Gasteiger partial charge in [-0.15, -0.1) is 0 Å². The van der Waals surface area contributed by atoms with E-state index in [1.54, 1.807) is 38.6 Å². The molecule has 2 N–H and O–H groups in total. The van der Waals surface area contributed by atoms with Crippen LogP contribution in [0.1, 0.15) is 0 Å². The summed E-state index contributed by atoms with van der Waals surface area (Å²) in [6.07, 6.45) is 1.69. The third kappa shape index (κ3) is 2.31. The zero-order chi connectivity index (χ0) is 15.7. The number of aromatic nitrogens is 1. The van der Waals surface area contributed by atoms with Crippen molar-refractivity contribution in [1.82, 2.24) is 4.98 Å². The lowest BCUT2D eigenvalue weighted by molar-refractivity contribution is 0.397. The quantitative estimate of drug-likeness (QED) is 0.789. The van der Waals surface area contributed by atoms with Crippen molar-refractivity contribution in [2.24, 2.45) is 0 Å². The van der Waals surface area contributed by atoms with Gasteiger partial charge in [-0.25, -0.2) is 0 Å². The van der Waals surface area contributed by atoms with Crippen LogP contribution in [0.25, 0.3) is 22.0 Å². The number of para-hydroxylation sites is 1. The zero-order valence-corrected chi connectivity index (χ0v) is 13.0. The van der Waals surface area contributed by atoms with E-state index in [9.17, 15) is 0 Å². The normalized spacial score (nSPS) is 10.7. The number of benzene rings is 2. The van der Waals surface area contributed by atoms with Gasteiger partial charge in [0.1, 0.15) is 11.5 Å². The van der Waals surface area contributed by atoms with E-state index in [-0.39, 0.29) is 0 Å². The molecule has 1 heterocycles. The fourth-order valence-electron chi connectivity index (χ4n) is 2.54. The van der Waals surface area contributed by atoms with Crippen molar-refractivity contribution in [3.05, 3.63) is 47.6 Å². The van der Waals surface area contributed by atoms with Crippen molar-refractivity contribution in [3.8, 4) is 22.6 Å². The summed E-state index contributed by atoms with van der Waals surface area (Å²) in [6, 6.07) is 11.1. The number of pyridine rings is 1. The number of hydrogen-bond acceptors (Lipinski definition) is 4. The monoisotopic (exact) mass is 314 g/mol. The number of fused-ring (bicyclic) bond motifs is 1. The van der Waals surface area contributed by atoms with E-state index >= 15 is 0 Å². The van der Waals surface area contributed by atoms with Crippen LogP contribution in [0, 0.1) is 0 Å². The summed E-state index contributed by atoms with van der Waals surface area (Å²) in [5.41, 5.74) is 9.21. The van der Waals surface area contributed by atoms with Gasteiger partial charge in [0.25, 0.3) is 0 Å². The molecule has 2 aromatic carbocycles. The third-order valence-corrected chi connectivity index (χ3v) is 3.76. The van der Waals surface area contributed by atoms with Crippen molar-refractivity contribution in [3.63, 3.8) is 0 Å². The van der Waals surface area contributed by atoms with Crippen molar-refractivity contribution in [1.29, 1.82) is 0 Å². The molecule has 0 radical (unpaired) electrons. The summed E-state index contributed by atoms with van der Waals surface area (Å²) in [6.45, 7) is 0. The molecule has 0 fully saturated rings. The number of ether oxygens (including phenoxy) is 2. The highest BCUT2D eigenvalue weighted by Crippen LogP contribution is 2.43. The maximum Gasteiger partial charge on any atom is 0.131 e. The number of rotatable bonds is 3. The first-order chi connectivity index (χ1) is 10.7. The second kappa shape index (κ2) is 5.73. The largest absolute Gasteiger partial charge is 0.496 e. The molecular formula is C17H15ClN2O2. The zero-order valence-electron chi connectivity index (χ0n) is 12.3. The van der Waals surface area contributed by atoms with Gasteiger partial charge in [-0.1, -0.05) is 29.8 Å². The van der Waals surface area contributed by atoms with Gasteiger partial charge in [0, 0.05) is 27.9 Å². The fraction of sp³-hybridized carbons (Fsp3) is 0.118. The van der Waals surface area contributed by atoms with E-state index in [1.165, 1.54) is 0 Å². The minimum Gasteiger partial charge on any atom is -0.496 e. The molecule has 3 aromatic rings. The number of nitrogens with two attached hydrogens (primary N) is 1. The molecular weight excluding hydrogens is 300 g/mol. The number of hydrogen-bond donors (Lipinski definition) is 1. The van der Waals surface area contributed by atoms with Crippen LogP contribution in [0.4, 0.5) is 5.69 Å². The Morgan fingerprint density at radius 1 is 1.05 bits per heavy atom. The van der Waals surface area contributed by atoms with Crippen molar-refractivity contribution >= 4 is 28.2 Å². The summed E-state index contributed by atoms with van der Waals surface area (Å²) < 4.78 is 11.0. The van der Waals surface area contributed by atoms with E-state index in [4.69, 9.17) is 26.8 Å². The van der Waals surface area contributed by atoms with Gasteiger partial charge in [-0.05, 0) is 18.2 Å². The smallest absolute Gasteiger partial charge is 0.131 e. The SMILES string of the molecule is COc1cc(Cl)cc(OC)c1-c1cccc2c(N)ccnc12. The molecule has 5 heteroatoms. The van der Waals surface area contributed by atoms with Crippen molar-refractivity contribution in [2.45, 2.75) is 0 Å². The van der Waals surface area contributed by atoms with Crippen LogP contribution >= 0.6 is 11.6 Å². The van der Waals surface area contributed by atoms with Gasteiger partial charge in [0.05, 0.1) is 25.3 Å². The average molecular weight is 315 g/mol. The van der Waals surface area contributed by atoms with Gasteiger partial charge < -0.3 is 15.2 Å². The Morgan fingerprint density at radius 2 is 1.73 bits per heavy atom. The Bertz CT molecular complexity index is 824. The van der Waals surface area contributed by atoms with E-state index < -0.39 is 0 Å². The molecule has 1 aromatic heterocycles. The highest BCUT2D eigenvalue weighted by molar-refractivity contribution is 6.31. The maximum atomic E-state index is 6.11. The molecule has 112 valence electrons. The second-order valence-electron chi connectivity index (χ2n) is 4.79. The van der Waals surface area contributed by atoms with Crippen LogP contribution in [-0.2, 0) is 0 Å². The molecule has 4 nitrogen and oxygen atoms in total. The van der Waals surface area contributed by atoms with Crippen molar-refractivity contribution in [2.75, 3.05) is 20.0 Å². The predicted molar refractivity (Wildman–Crippen MR) is 89.7 cm³/mol. The number of anilines is 1. The molecule has 0 unspecified atom stereocenters. The lowest BCUT2D eigenvalue weighted by Gasteiger charge is -2.15. The average Bonchev–Trinajstić information content (AvgIpc) is 2.54. The van der Waals surface area contributed by atoms with Crippen molar-refractivity contribution < 1.29 is 9.47 Å². The number of nitrogens with zero attached hydrogens (tertiary/aromatic N) is 1. The van der Waals surface area contributed by atoms with Crippen LogP contribution in [0.2, 0.25) is 5.02 Å². The highest BCUT2D eigenvalue weighted by atomic mass is 35.5. The Balaban J connectivity index is 2.39. The Kier molecular flexibility index (Phi) is 3.77. The van der Waals surface area contributed by atoms with Gasteiger partial charge in [0.15, 0.2) is 0 Å². The minimum absolute atomic E-state index is 0.546. The summed E-state index contributed by atoms with van der Waals surface area (Å²) >= 11 is 6.11. The molecule has 0 saturated carbocycles. The van der Waals surface area contributed by atoms with Gasteiger partial charge >= 0.3 is 0 Å². The number of halogens is 1. The molecule has 0 saturated heterocycles. The molecule has 0 bridgehead atoms. The summed E-state index contributed by atoms with van der Waals surface area (Å²) in [5.74, 6) is 1.25. The molecule has 3 rings (SSSR count). The standard InChI is InChI=1S/C17H15ClN2O2/c1-21-14-8-10(18)9-15(22-2)16(14)12-5-3-4-11-13(19)6-7-20-17(11)12/h3-9H,1-2H3,(H2,19,20). The first-order valence-corrected chi connectivity index (χ1v) is 7.08. The lowest BCUT2D eigenvalue weighted by atomic mass is 9.99. The molecule has 0 aliphatic rings. The van der Waals surface area contributed by atoms with Crippen LogP contribution in [0.15, 0.2) is 42.6 Å². The second-order valence-corrected chi connectivity index (χ2v) is 5.22. The Hall–Kier alpha value is -2.46. The molecule has 22 heavy (non-hydrogen) atoms. The van der Waals surface area contributed by atoms with Crippen LogP contribution in [0.3, 0.4) is 0 Å². The fourth-order valence-corrected chi connectivity index (χ4v) is 2.74. The lowest BCUT2D eigenvalue weighted by Crippen LogP contribution is -1.96. The minimum atomic E-state index is 0.546. The summed E-state index contributed by atoms with van der Waals surface area (Å²) in [7, 11) is 3.20. The van der Waals surface area contributed by atoms with Crippen LogP contribution in [0.5, 0.6) is 11.5 Å². The van der Waals surface area contributed by atoms with Crippen LogP contribution in [-0.4, -0.2) is 19.2 Å². The van der Waals surface area contributed by atoms with E-state index in [0.717, 1.165) is 22.0 Å². The third-order valence-electron chi connectivity index (χ3n) is 3.54. The highest BCUT2D eigenvalue weighted by Gasteiger charge is 2.17. The number of methoxy groups -OCH3 is 2.